The highest BCUT2D eigenvalue weighted by Crippen LogP contribution is 2.34. The number of amides is 1. The summed E-state index contributed by atoms with van der Waals surface area (Å²) in [6.45, 7) is 2.41. The first-order valence-corrected chi connectivity index (χ1v) is 12.7. The van der Waals surface area contributed by atoms with Gasteiger partial charge in [0.2, 0.25) is 10.0 Å². The van der Waals surface area contributed by atoms with Gasteiger partial charge in [0.1, 0.15) is 11.4 Å². The molecule has 0 aliphatic carbocycles. The molecule has 184 valence electrons. The van der Waals surface area contributed by atoms with Crippen molar-refractivity contribution in [1.29, 1.82) is 0 Å². The summed E-state index contributed by atoms with van der Waals surface area (Å²) in [5.41, 5.74) is 1.96. The molecule has 3 aromatic carbocycles. The molecule has 0 aliphatic rings. The van der Waals surface area contributed by atoms with Crippen molar-refractivity contribution in [2.24, 2.45) is 0 Å². The van der Waals surface area contributed by atoms with Gasteiger partial charge in [-0.1, -0.05) is 49.4 Å². The largest absolute Gasteiger partial charge is 0.495 e. The minimum absolute atomic E-state index is 0.0564. The number of benzene rings is 3. The maximum Gasteiger partial charge on any atom is 0.271 e. The van der Waals surface area contributed by atoms with Crippen LogP contribution >= 0.6 is 0 Å². The fraction of sp³-hybridized carbons (Fsp3) is 0.240. The van der Waals surface area contributed by atoms with E-state index >= 15 is 0 Å². The lowest BCUT2D eigenvalue weighted by atomic mass is 10.0. The summed E-state index contributed by atoms with van der Waals surface area (Å²) in [6.07, 6.45) is 1.01. The summed E-state index contributed by atoms with van der Waals surface area (Å²) in [6, 6.07) is 20.2. The number of nitrogens with one attached hydrogen (secondary N) is 1. The number of rotatable bonds is 10. The molecule has 0 fully saturated rings. The van der Waals surface area contributed by atoms with Crippen LogP contribution in [0.3, 0.4) is 0 Å². The predicted molar refractivity (Wildman–Crippen MR) is 134 cm³/mol. The summed E-state index contributed by atoms with van der Waals surface area (Å²) in [4.78, 5) is 23.2. The summed E-state index contributed by atoms with van der Waals surface area (Å²) in [7, 11) is -2.45. The Labute approximate surface area is 204 Å². The number of nitro groups is 1. The van der Waals surface area contributed by atoms with Crippen LogP contribution in [0.25, 0.3) is 0 Å². The van der Waals surface area contributed by atoms with E-state index in [4.69, 9.17) is 4.74 Å². The third-order valence-corrected chi connectivity index (χ3v) is 6.65. The Kier molecular flexibility index (Phi) is 8.08. The normalized spacial score (nSPS) is 12.0. The molecule has 1 amide bonds. The van der Waals surface area contributed by atoms with E-state index in [-0.39, 0.29) is 35.5 Å². The average molecular weight is 498 g/mol. The molecule has 0 heterocycles. The van der Waals surface area contributed by atoms with Gasteiger partial charge in [0, 0.05) is 24.2 Å². The van der Waals surface area contributed by atoms with E-state index in [0.717, 1.165) is 22.2 Å². The molecule has 0 bridgehead atoms. The number of non-ortho nitro benzene ring substituents is 1. The van der Waals surface area contributed by atoms with Gasteiger partial charge in [-0.2, -0.15) is 0 Å². The third-order valence-electron chi connectivity index (χ3n) is 5.52. The molecule has 9 nitrogen and oxygen atoms in total. The highest BCUT2D eigenvalue weighted by molar-refractivity contribution is 7.92. The summed E-state index contributed by atoms with van der Waals surface area (Å²) in [5, 5.41) is 14.1. The number of ether oxygens (including phenoxy) is 1. The number of hydrogen-bond acceptors (Lipinski definition) is 6. The molecule has 1 atom stereocenters. The van der Waals surface area contributed by atoms with E-state index in [1.54, 1.807) is 24.3 Å². The van der Waals surface area contributed by atoms with Crippen LogP contribution in [0.4, 0.5) is 11.4 Å². The van der Waals surface area contributed by atoms with Gasteiger partial charge in [-0.05, 0) is 35.2 Å². The third kappa shape index (κ3) is 6.57. The Morgan fingerprint density at radius 2 is 1.74 bits per heavy atom. The van der Waals surface area contributed by atoms with Crippen molar-refractivity contribution in [2.45, 2.75) is 19.4 Å². The highest BCUT2D eigenvalue weighted by atomic mass is 32.2. The lowest BCUT2D eigenvalue weighted by Gasteiger charge is -2.24. The van der Waals surface area contributed by atoms with E-state index in [1.165, 1.54) is 19.2 Å². The van der Waals surface area contributed by atoms with E-state index < -0.39 is 14.9 Å². The van der Waals surface area contributed by atoms with Crippen molar-refractivity contribution < 1.29 is 22.9 Å². The van der Waals surface area contributed by atoms with E-state index in [9.17, 15) is 23.3 Å². The second-order valence-electron chi connectivity index (χ2n) is 8.10. The topological polar surface area (TPSA) is 119 Å². The number of nitro benzene ring substituents is 1. The predicted octanol–water partition coefficient (Wildman–Crippen LogP) is 4.10. The first kappa shape index (κ1) is 25.7. The minimum atomic E-state index is -3.81. The zero-order valence-corrected chi connectivity index (χ0v) is 20.5. The van der Waals surface area contributed by atoms with Gasteiger partial charge in [-0.25, -0.2) is 8.42 Å². The quantitative estimate of drug-likeness (QED) is 0.333. The summed E-state index contributed by atoms with van der Waals surface area (Å²) >= 11 is 0. The van der Waals surface area contributed by atoms with Crippen molar-refractivity contribution in [3.63, 3.8) is 0 Å². The number of sulfonamides is 1. The van der Waals surface area contributed by atoms with Gasteiger partial charge >= 0.3 is 0 Å². The Morgan fingerprint density at radius 1 is 1.09 bits per heavy atom. The second kappa shape index (κ2) is 11.0. The van der Waals surface area contributed by atoms with Crippen LogP contribution in [0.2, 0.25) is 0 Å². The number of nitrogens with zero attached hydrogens (tertiary/aromatic N) is 2. The standard InChI is InChI=1S/C25H27N3O6S/c1-18(20-7-5-4-6-8-20)16-26-25(29)21-11-9-19(10-12-21)17-27(35(3,32)33)23-15-22(28(30)31)13-14-24(23)34-2/h4-15,18H,16-17H2,1-3H3,(H,26,29). The van der Waals surface area contributed by atoms with Crippen LogP contribution in [-0.4, -0.2) is 39.2 Å². The van der Waals surface area contributed by atoms with Crippen LogP contribution in [0.1, 0.15) is 34.3 Å². The monoisotopic (exact) mass is 497 g/mol. The number of carbonyl (C=O) groups excluding carboxylic acids is 1. The average Bonchev–Trinajstić information content (AvgIpc) is 2.85. The van der Waals surface area contributed by atoms with Gasteiger partial charge < -0.3 is 10.1 Å². The molecule has 0 aromatic heterocycles. The lowest BCUT2D eigenvalue weighted by molar-refractivity contribution is -0.384. The van der Waals surface area contributed by atoms with Crippen LogP contribution in [0, 0.1) is 10.1 Å². The Morgan fingerprint density at radius 3 is 2.31 bits per heavy atom. The van der Waals surface area contributed by atoms with Crippen molar-refractivity contribution in [3.8, 4) is 5.75 Å². The molecule has 0 saturated carbocycles. The molecule has 1 unspecified atom stereocenters. The molecule has 35 heavy (non-hydrogen) atoms. The zero-order valence-electron chi connectivity index (χ0n) is 19.7. The van der Waals surface area contributed by atoms with Crippen LogP contribution < -0.4 is 14.4 Å². The number of anilines is 1. The molecule has 10 heteroatoms. The highest BCUT2D eigenvalue weighted by Gasteiger charge is 2.24. The minimum Gasteiger partial charge on any atom is -0.495 e. The van der Waals surface area contributed by atoms with Gasteiger partial charge in [-0.15, -0.1) is 0 Å². The molecule has 0 aliphatic heterocycles. The molecule has 1 N–H and O–H groups in total. The second-order valence-corrected chi connectivity index (χ2v) is 10.0. The van der Waals surface area contributed by atoms with E-state index in [2.05, 4.69) is 5.32 Å². The van der Waals surface area contributed by atoms with Gasteiger partial charge in [0.25, 0.3) is 11.6 Å². The number of methoxy groups -OCH3 is 1. The smallest absolute Gasteiger partial charge is 0.271 e. The van der Waals surface area contributed by atoms with E-state index in [0.29, 0.717) is 17.7 Å². The maximum absolute atomic E-state index is 12.6. The maximum atomic E-state index is 12.6. The van der Waals surface area contributed by atoms with Crippen LogP contribution in [-0.2, 0) is 16.6 Å². The Balaban J connectivity index is 1.76. The van der Waals surface area contributed by atoms with Crippen molar-refractivity contribution in [1.82, 2.24) is 5.32 Å². The zero-order chi connectivity index (χ0) is 25.6. The molecule has 0 spiro atoms. The fourth-order valence-electron chi connectivity index (χ4n) is 3.54. The summed E-state index contributed by atoms with van der Waals surface area (Å²) < 4.78 is 31.4. The van der Waals surface area contributed by atoms with Gasteiger partial charge in [0.05, 0.1) is 24.8 Å². The number of hydrogen-bond donors (Lipinski definition) is 1. The molecule has 0 radical (unpaired) electrons. The van der Waals surface area contributed by atoms with Crippen molar-refractivity contribution in [3.05, 3.63) is 99.6 Å². The molecule has 0 saturated heterocycles. The first-order valence-electron chi connectivity index (χ1n) is 10.8. The van der Waals surface area contributed by atoms with Crippen LogP contribution in [0.15, 0.2) is 72.8 Å². The van der Waals surface area contributed by atoms with Gasteiger partial charge in [0.15, 0.2) is 0 Å². The molecule has 3 rings (SSSR count). The molecular formula is C25H27N3O6S. The van der Waals surface area contributed by atoms with E-state index in [1.807, 2.05) is 37.3 Å². The number of carbonyl (C=O) groups is 1. The van der Waals surface area contributed by atoms with Crippen LogP contribution in [0.5, 0.6) is 5.75 Å². The SMILES string of the molecule is COc1ccc([N+](=O)[O-])cc1N(Cc1ccc(C(=O)NCC(C)c2ccccc2)cc1)S(C)(=O)=O. The summed E-state index contributed by atoms with van der Waals surface area (Å²) in [5.74, 6) is 0.0943. The van der Waals surface area contributed by atoms with Crippen molar-refractivity contribution >= 4 is 27.3 Å². The Hall–Kier alpha value is -3.92. The Bertz CT molecular complexity index is 1290. The molecular weight excluding hydrogens is 470 g/mol. The van der Waals surface area contributed by atoms with Crippen molar-refractivity contribution in [2.75, 3.05) is 24.2 Å². The lowest BCUT2D eigenvalue weighted by Crippen LogP contribution is -2.30. The molecule has 3 aromatic rings. The fourth-order valence-corrected chi connectivity index (χ4v) is 4.43. The van der Waals surface area contributed by atoms with Gasteiger partial charge in [-0.3, -0.25) is 19.2 Å². The first-order chi connectivity index (χ1) is 16.6.